The van der Waals surface area contributed by atoms with Crippen LogP contribution in [0, 0.1) is 5.41 Å². The third kappa shape index (κ3) is 1.72. The molecule has 0 amide bonds. The van der Waals surface area contributed by atoms with E-state index in [1.54, 1.807) is 11.8 Å². The van der Waals surface area contributed by atoms with Gasteiger partial charge in [0.15, 0.2) is 0 Å². The molecule has 1 fully saturated rings. The van der Waals surface area contributed by atoms with E-state index >= 15 is 0 Å². The number of rotatable bonds is 2. The fourth-order valence-electron chi connectivity index (χ4n) is 1.37. The second kappa shape index (κ2) is 2.93. The average molecular weight is 213 g/mol. The first-order valence-electron chi connectivity index (χ1n) is 4.47. The van der Waals surface area contributed by atoms with Crippen LogP contribution in [0.15, 0.2) is 35.2 Å². The van der Waals surface area contributed by atoms with E-state index in [0.717, 1.165) is 6.42 Å². The minimum Gasteiger partial charge on any atom is -0.106 e. The van der Waals surface area contributed by atoms with Crippen molar-refractivity contribution >= 4 is 23.4 Å². The normalized spacial score (nSPS) is 30.1. The van der Waals surface area contributed by atoms with Gasteiger partial charge in [0.05, 0.1) is 4.21 Å². The Balaban J connectivity index is 2.09. The van der Waals surface area contributed by atoms with Gasteiger partial charge in [-0.3, -0.25) is 0 Å². The summed E-state index contributed by atoms with van der Waals surface area (Å²) < 4.78 is -0.0612. The van der Waals surface area contributed by atoms with Crippen LogP contribution in [0.2, 0.25) is 0 Å². The summed E-state index contributed by atoms with van der Waals surface area (Å²) in [7, 11) is 0. The van der Waals surface area contributed by atoms with Crippen molar-refractivity contribution in [2.45, 2.75) is 29.4 Å². The fourth-order valence-corrected chi connectivity index (χ4v) is 3.35. The van der Waals surface area contributed by atoms with E-state index in [4.69, 9.17) is 11.6 Å². The molecule has 0 aliphatic heterocycles. The van der Waals surface area contributed by atoms with E-state index in [0.29, 0.717) is 0 Å². The van der Waals surface area contributed by atoms with Gasteiger partial charge >= 0.3 is 0 Å². The third-order valence-corrected chi connectivity index (χ3v) is 4.98. The molecule has 0 spiro atoms. The molecule has 70 valence electrons. The Labute approximate surface area is 88.7 Å². The highest BCUT2D eigenvalue weighted by Crippen LogP contribution is 2.68. The summed E-state index contributed by atoms with van der Waals surface area (Å²) in [5.41, 5.74) is 0.287. The molecule has 1 aliphatic rings. The van der Waals surface area contributed by atoms with Crippen molar-refractivity contribution in [3.8, 4) is 0 Å². The molecule has 0 heterocycles. The smallest absolute Gasteiger partial charge is 0.0999 e. The molecule has 0 N–H and O–H groups in total. The van der Waals surface area contributed by atoms with E-state index in [1.165, 1.54) is 4.90 Å². The van der Waals surface area contributed by atoms with Gasteiger partial charge in [-0.05, 0) is 24.0 Å². The number of halogens is 1. The van der Waals surface area contributed by atoms with Crippen molar-refractivity contribution in [2.75, 3.05) is 0 Å². The largest absolute Gasteiger partial charge is 0.106 e. The van der Waals surface area contributed by atoms with Gasteiger partial charge in [0.2, 0.25) is 0 Å². The van der Waals surface area contributed by atoms with Gasteiger partial charge in [-0.1, -0.05) is 32.0 Å². The Morgan fingerprint density at radius 1 is 1.23 bits per heavy atom. The standard InChI is InChI=1S/C11H13ClS/c1-10(2)8-11(10,12)13-9-6-4-3-5-7-9/h3-7H,8H2,1-2H3. The lowest BCUT2D eigenvalue weighted by molar-refractivity contribution is 0.643. The summed E-state index contributed by atoms with van der Waals surface area (Å²) in [5.74, 6) is 0. The van der Waals surface area contributed by atoms with Gasteiger partial charge in [-0.2, -0.15) is 0 Å². The molecular formula is C11H13ClS. The van der Waals surface area contributed by atoms with E-state index in [2.05, 4.69) is 38.1 Å². The molecular weight excluding hydrogens is 200 g/mol. The molecule has 1 unspecified atom stereocenters. The van der Waals surface area contributed by atoms with E-state index in [9.17, 15) is 0 Å². The zero-order chi connectivity index (χ0) is 9.53. The fraction of sp³-hybridized carbons (Fsp3) is 0.455. The van der Waals surface area contributed by atoms with Gasteiger partial charge in [0.25, 0.3) is 0 Å². The van der Waals surface area contributed by atoms with E-state index < -0.39 is 0 Å². The van der Waals surface area contributed by atoms with Crippen LogP contribution in [0.1, 0.15) is 20.3 Å². The zero-order valence-electron chi connectivity index (χ0n) is 7.88. The second-order valence-electron chi connectivity index (χ2n) is 4.20. The highest BCUT2D eigenvalue weighted by atomic mass is 35.5. The van der Waals surface area contributed by atoms with Gasteiger partial charge in [0.1, 0.15) is 0 Å². The Morgan fingerprint density at radius 2 is 1.77 bits per heavy atom. The molecule has 0 nitrogen and oxygen atoms in total. The van der Waals surface area contributed by atoms with Crippen LogP contribution in [0.25, 0.3) is 0 Å². The van der Waals surface area contributed by atoms with Crippen molar-refractivity contribution < 1.29 is 0 Å². The molecule has 13 heavy (non-hydrogen) atoms. The third-order valence-electron chi connectivity index (χ3n) is 2.58. The number of benzene rings is 1. The van der Waals surface area contributed by atoms with Crippen molar-refractivity contribution in [3.05, 3.63) is 30.3 Å². The molecule has 0 radical (unpaired) electrons. The lowest BCUT2D eigenvalue weighted by atomic mass is 10.2. The van der Waals surface area contributed by atoms with Crippen LogP contribution in [-0.4, -0.2) is 4.21 Å². The first-order chi connectivity index (χ1) is 6.04. The minimum atomic E-state index is -0.0612. The van der Waals surface area contributed by atoms with Crippen LogP contribution >= 0.6 is 23.4 Å². The lowest BCUT2D eigenvalue weighted by Crippen LogP contribution is -2.01. The second-order valence-corrected chi connectivity index (χ2v) is 6.45. The highest BCUT2D eigenvalue weighted by Gasteiger charge is 2.61. The Morgan fingerprint density at radius 3 is 2.23 bits per heavy atom. The summed E-state index contributed by atoms with van der Waals surface area (Å²) >= 11 is 8.22. The highest BCUT2D eigenvalue weighted by molar-refractivity contribution is 8.02. The molecule has 1 aromatic carbocycles. The average Bonchev–Trinajstić information content (AvgIpc) is 2.51. The maximum absolute atomic E-state index is 6.43. The number of thioether (sulfide) groups is 1. The van der Waals surface area contributed by atoms with Crippen molar-refractivity contribution in [2.24, 2.45) is 5.41 Å². The first-order valence-corrected chi connectivity index (χ1v) is 5.66. The number of alkyl halides is 1. The quantitative estimate of drug-likeness (QED) is 0.664. The van der Waals surface area contributed by atoms with E-state index in [-0.39, 0.29) is 9.62 Å². The molecule has 1 aliphatic carbocycles. The van der Waals surface area contributed by atoms with Crippen LogP contribution < -0.4 is 0 Å². The predicted molar refractivity (Wildman–Crippen MR) is 59.3 cm³/mol. The van der Waals surface area contributed by atoms with Gasteiger partial charge in [-0.15, -0.1) is 23.4 Å². The monoisotopic (exact) mass is 212 g/mol. The maximum Gasteiger partial charge on any atom is 0.0999 e. The first kappa shape index (κ1) is 9.42. The predicted octanol–water partition coefficient (Wildman–Crippen LogP) is 4.14. The summed E-state index contributed by atoms with van der Waals surface area (Å²) in [6.07, 6.45) is 1.10. The van der Waals surface area contributed by atoms with Gasteiger partial charge < -0.3 is 0 Å². The van der Waals surface area contributed by atoms with Gasteiger partial charge in [-0.25, -0.2) is 0 Å². The van der Waals surface area contributed by atoms with Crippen LogP contribution in [0.4, 0.5) is 0 Å². The molecule has 1 atom stereocenters. The Kier molecular flexibility index (Phi) is 2.12. The van der Waals surface area contributed by atoms with Crippen molar-refractivity contribution in [1.29, 1.82) is 0 Å². The van der Waals surface area contributed by atoms with Crippen LogP contribution in [-0.2, 0) is 0 Å². The topological polar surface area (TPSA) is 0 Å². The molecule has 0 bridgehead atoms. The molecule has 2 rings (SSSR count). The van der Waals surface area contributed by atoms with Crippen LogP contribution in [0.5, 0.6) is 0 Å². The Bertz CT molecular complexity index is 307. The van der Waals surface area contributed by atoms with Crippen molar-refractivity contribution in [3.63, 3.8) is 0 Å². The zero-order valence-corrected chi connectivity index (χ0v) is 9.45. The van der Waals surface area contributed by atoms with E-state index in [1.807, 2.05) is 6.07 Å². The number of hydrogen-bond acceptors (Lipinski definition) is 1. The molecule has 0 saturated heterocycles. The minimum absolute atomic E-state index is 0.0612. The maximum atomic E-state index is 6.43. The summed E-state index contributed by atoms with van der Waals surface area (Å²) in [6.45, 7) is 4.44. The lowest BCUT2D eigenvalue weighted by Gasteiger charge is -2.11. The van der Waals surface area contributed by atoms with Crippen molar-refractivity contribution in [1.82, 2.24) is 0 Å². The Hall–Kier alpha value is -0.140. The van der Waals surface area contributed by atoms with Gasteiger partial charge in [0, 0.05) is 4.90 Å². The SMILES string of the molecule is CC1(C)CC1(Cl)Sc1ccccc1. The molecule has 1 saturated carbocycles. The molecule has 2 heteroatoms. The molecule has 0 aromatic heterocycles. The van der Waals surface area contributed by atoms with Crippen LogP contribution in [0.3, 0.4) is 0 Å². The summed E-state index contributed by atoms with van der Waals surface area (Å²) in [6, 6.07) is 10.4. The molecule has 1 aromatic rings. The number of hydrogen-bond donors (Lipinski definition) is 0. The summed E-state index contributed by atoms with van der Waals surface area (Å²) in [4.78, 5) is 1.27. The summed E-state index contributed by atoms with van der Waals surface area (Å²) in [5, 5.41) is 0.